The highest BCUT2D eigenvalue weighted by atomic mass is 16.3. The summed E-state index contributed by atoms with van der Waals surface area (Å²) in [5.41, 5.74) is 0.159. The van der Waals surface area contributed by atoms with E-state index in [0.717, 1.165) is 4.90 Å². The number of nitrogens with zero attached hydrogens (tertiary/aromatic N) is 1. The molecule has 0 radical (unpaired) electrons. The van der Waals surface area contributed by atoms with E-state index in [4.69, 9.17) is 0 Å². The average molecular weight is 260 g/mol. The summed E-state index contributed by atoms with van der Waals surface area (Å²) in [7, 11) is 0. The van der Waals surface area contributed by atoms with E-state index in [9.17, 15) is 24.3 Å². The number of benzene rings is 1. The van der Waals surface area contributed by atoms with Gasteiger partial charge in [-0.3, -0.25) is 29.4 Å². The van der Waals surface area contributed by atoms with Crippen molar-refractivity contribution < 1.29 is 24.3 Å². The van der Waals surface area contributed by atoms with Crippen LogP contribution in [0.2, 0.25) is 0 Å². The third-order valence-electron chi connectivity index (χ3n) is 3.16. The average Bonchev–Trinajstić information content (AvgIpc) is 2.78. The molecule has 0 aromatic heterocycles. The molecule has 1 saturated heterocycles. The van der Waals surface area contributed by atoms with E-state index in [-0.39, 0.29) is 23.3 Å². The van der Waals surface area contributed by atoms with Crippen LogP contribution >= 0.6 is 0 Å². The molecule has 1 aromatic rings. The first-order valence-corrected chi connectivity index (χ1v) is 5.53. The summed E-state index contributed by atoms with van der Waals surface area (Å²) in [5.74, 6) is -2.63. The maximum atomic E-state index is 12.1. The number of hydrogen-bond acceptors (Lipinski definition) is 5. The summed E-state index contributed by atoms with van der Waals surface area (Å²) >= 11 is 0. The van der Waals surface area contributed by atoms with Crippen molar-refractivity contribution in [1.82, 2.24) is 10.2 Å². The maximum Gasteiger partial charge on any atom is 0.262 e. The topological polar surface area (TPSA) is 104 Å². The Morgan fingerprint density at radius 1 is 1.11 bits per heavy atom. The van der Waals surface area contributed by atoms with Gasteiger partial charge < -0.3 is 5.11 Å². The quantitative estimate of drug-likeness (QED) is 0.656. The van der Waals surface area contributed by atoms with Gasteiger partial charge in [0.1, 0.15) is 11.8 Å². The molecule has 1 fully saturated rings. The minimum atomic E-state index is -1.11. The molecule has 0 aliphatic carbocycles. The third kappa shape index (κ3) is 1.51. The van der Waals surface area contributed by atoms with Crippen LogP contribution < -0.4 is 5.32 Å². The molecule has 3 rings (SSSR count). The number of rotatable bonds is 1. The van der Waals surface area contributed by atoms with Gasteiger partial charge in [0.15, 0.2) is 0 Å². The molecule has 1 unspecified atom stereocenters. The maximum absolute atomic E-state index is 12.1. The lowest BCUT2D eigenvalue weighted by Crippen LogP contribution is -2.44. The highest BCUT2D eigenvalue weighted by Crippen LogP contribution is 2.29. The monoisotopic (exact) mass is 260 g/mol. The Morgan fingerprint density at radius 2 is 1.79 bits per heavy atom. The first-order valence-electron chi connectivity index (χ1n) is 5.53. The lowest BCUT2D eigenvalue weighted by molar-refractivity contribution is -0.125. The molecule has 2 N–H and O–H groups in total. The third-order valence-corrected chi connectivity index (χ3v) is 3.16. The minimum Gasteiger partial charge on any atom is -0.508 e. The van der Waals surface area contributed by atoms with E-state index in [1.807, 2.05) is 5.32 Å². The Bertz CT molecular complexity index is 652. The van der Waals surface area contributed by atoms with Crippen LogP contribution in [0.5, 0.6) is 5.75 Å². The van der Waals surface area contributed by atoms with Crippen molar-refractivity contribution in [3.8, 4) is 5.75 Å². The van der Waals surface area contributed by atoms with Gasteiger partial charge >= 0.3 is 0 Å². The van der Waals surface area contributed by atoms with Crippen LogP contribution in [0, 0.1) is 0 Å². The SMILES string of the molecule is O=C1CC(N2C(=O)c3ccc(O)cc3C2=O)C(=O)N1. The van der Waals surface area contributed by atoms with E-state index in [1.165, 1.54) is 18.2 Å². The Morgan fingerprint density at radius 3 is 2.42 bits per heavy atom. The normalized spacial score (nSPS) is 21.9. The standard InChI is InChI=1S/C12H8N2O5/c15-5-1-2-6-7(3-5)12(19)14(11(6)18)8-4-9(16)13-10(8)17/h1-3,8,15H,4H2,(H,13,16,17). The van der Waals surface area contributed by atoms with Gasteiger partial charge in [-0.25, -0.2) is 0 Å². The molecule has 0 bridgehead atoms. The van der Waals surface area contributed by atoms with Crippen molar-refractivity contribution >= 4 is 23.6 Å². The predicted octanol–water partition coefficient (Wildman–Crippen LogP) is -0.597. The second kappa shape index (κ2) is 3.64. The second-order valence-electron chi connectivity index (χ2n) is 4.34. The highest BCUT2D eigenvalue weighted by molar-refractivity contribution is 6.24. The van der Waals surface area contributed by atoms with Gasteiger partial charge in [-0.1, -0.05) is 0 Å². The van der Waals surface area contributed by atoms with Gasteiger partial charge in [0.25, 0.3) is 11.8 Å². The van der Waals surface area contributed by atoms with Crippen molar-refractivity contribution in [2.45, 2.75) is 12.5 Å². The minimum absolute atomic E-state index is 0.0390. The number of carbonyl (C=O) groups is 4. The lowest BCUT2D eigenvalue weighted by Gasteiger charge is -2.18. The largest absolute Gasteiger partial charge is 0.508 e. The summed E-state index contributed by atoms with van der Waals surface area (Å²) in [6.45, 7) is 0. The van der Waals surface area contributed by atoms with E-state index in [2.05, 4.69) is 0 Å². The number of aromatic hydroxyl groups is 1. The summed E-state index contributed by atoms with van der Waals surface area (Å²) in [6.07, 6.45) is -0.226. The number of phenols is 1. The Hall–Kier alpha value is -2.70. The van der Waals surface area contributed by atoms with Crippen LogP contribution in [0.15, 0.2) is 18.2 Å². The van der Waals surface area contributed by atoms with Crippen LogP contribution in [-0.4, -0.2) is 39.7 Å². The molecule has 1 atom stereocenters. The zero-order valence-electron chi connectivity index (χ0n) is 9.54. The van der Waals surface area contributed by atoms with E-state index >= 15 is 0 Å². The molecule has 96 valence electrons. The number of nitrogens with one attached hydrogen (secondary N) is 1. The van der Waals surface area contributed by atoms with Crippen molar-refractivity contribution in [3.63, 3.8) is 0 Å². The summed E-state index contributed by atoms with van der Waals surface area (Å²) in [4.78, 5) is 47.7. The smallest absolute Gasteiger partial charge is 0.262 e. The molecule has 2 heterocycles. The fourth-order valence-corrected chi connectivity index (χ4v) is 2.28. The van der Waals surface area contributed by atoms with Crippen LogP contribution in [0.4, 0.5) is 0 Å². The van der Waals surface area contributed by atoms with Crippen molar-refractivity contribution in [1.29, 1.82) is 0 Å². The van der Waals surface area contributed by atoms with Gasteiger partial charge in [-0.15, -0.1) is 0 Å². The van der Waals surface area contributed by atoms with Gasteiger partial charge in [-0.05, 0) is 18.2 Å². The van der Waals surface area contributed by atoms with E-state index < -0.39 is 29.7 Å². The molecule has 19 heavy (non-hydrogen) atoms. The zero-order valence-corrected chi connectivity index (χ0v) is 9.54. The molecule has 0 saturated carbocycles. The van der Waals surface area contributed by atoms with Crippen LogP contribution in [0.3, 0.4) is 0 Å². The van der Waals surface area contributed by atoms with Gasteiger partial charge in [0.05, 0.1) is 17.5 Å². The predicted molar refractivity (Wildman–Crippen MR) is 60.2 cm³/mol. The Labute approximate surface area is 106 Å². The summed E-state index contributed by atoms with van der Waals surface area (Å²) < 4.78 is 0. The van der Waals surface area contributed by atoms with Gasteiger partial charge in [0, 0.05) is 0 Å². The molecule has 0 spiro atoms. The molecule has 7 nitrogen and oxygen atoms in total. The van der Waals surface area contributed by atoms with Crippen LogP contribution in [-0.2, 0) is 9.59 Å². The molecule has 2 aliphatic rings. The first kappa shape index (κ1) is 11.4. The number of carbonyl (C=O) groups excluding carboxylic acids is 4. The molecular weight excluding hydrogens is 252 g/mol. The van der Waals surface area contributed by atoms with Crippen molar-refractivity contribution in [2.75, 3.05) is 0 Å². The highest BCUT2D eigenvalue weighted by Gasteiger charge is 2.46. The van der Waals surface area contributed by atoms with Crippen LogP contribution in [0.1, 0.15) is 27.1 Å². The molecule has 4 amide bonds. The van der Waals surface area contributed by atoms with Gasteiger partial charge in [-0.2, -0.15) is 0 Å². The van der Waals surface area contributed by atoms with Crippen LogP contribution in [0.25, 0.3) is 0 Å². The van der Waals surface area contributed by atoms with E-state index in [0.29, 0.717) is 0 Å². The molecule has 2 aliphatic heterocycles. The van der Waals surface area contributed by atoms with E-state index in [1.54, 1.807) is 0 Å². The number of imide groups is 2. The fourth-order valence-electron chi connectivity index (χ4n) is 2.28. The summed E-state index contributed by atoms with van der Waals surface area (Å²) in [5, 5.41) is 11.4. The number of fused-ring (bicyclic) bond motifs is 1. The second-order valence-corrected chi connectivity index (χ2v) is 4.34. The Balaban J connectivity index is 2.03. The molecular formula is C12H8N2O5. The van der Waals surface area contributed by atoms with Gasteiger partial charge in [0.2, 0.25) is 11.8 Å². The lowest BCUT2D eigenvalue weighted by atomic mass is 10.1. The zero-order chi connectivity index (χ0) is 13.7. The summed E-state index contributed by atoms with van der Waals surface area (Å²) in [6, 6.07) is 2.67. The molecule has 7 heteroatoms. The number of amides is 4. The molecule has 1 aromatic carbocycles. The number of phenolic OH excluding ortho intramolecular Hbond substituents is 1. The Kier molecular flexibility index (Phi) is 2.19. The van der Waals surface area contributed by atoms with Crippen molar-refractivity contribution in [2.24, 2.45) is 0 Å². The van der Waals surface area contributed by atoms with Crippen molar-refractivity contribution in [3.05, 3.63) is 29.3 Å². The number of hydrogen-bond donors (Lipinski definition) is 2. The fraction of sp³-hybridized carbons (Fsp3) is 0.167. The first-order chi connectivity index (χ1) is 8.99.